The van der Waals surface area contributed by atoms with Crippen molar-refractivity contribution < 1.29 is 32.9 Å². The van der Waals surface area contributed by atoms with Crippen LogP contribution in [0.1, 0.15) is 284 Å². The molecule has 0 spiro atoms. The van der Waals surface area contributed by atoms with Gasteiger partial charge < -0.3 is 19.8 Å². The minimum Gasteiger partial charge on any atom is -0.391 e. The fourth-order valence-corrected chi connectivity index (χ4v) is 9.31. The standard InChI is InChI=1S/C55H111N2O6P/c1-6-8-10-12-14-16-17-18-19-20-21-22-23-24-25-26-27-28-29-30-31-32-33-34-35-36-37-38-39-41-43-45-47-49-55(59)56-53(52-63-64(60,61)62-51-50-57(3,4)5)54(58)48-46-44-42-40-15-13-11-9-7-2/h20-21,53-54,58H,6-19,22-52H2,1-5H3,(H-,56,59,60,61)/p+1/b21-20-. The first kappa shape index (κ1) is 63.2. The van der Waals surface area contributed by atoms with E-state index < -0.39 is 20.0 Å². The maximum absolute atomic E-state index is 12.9. The molecule has 0 saturated carbocycles. The zero-order chi connectivity index (χ0) is 47.1. The summed E-state index contributed by atoms with van der Waals surface area (Å²) in [6.45, 7) is 4.89. The van der Waals surface area contributed by atoms with E-state index in [0.29, 0.717) is 23.9 Å². The number of allylic oxidation sites excluding steroid dienone is 2. The minimum absolute atomic E-state index is 0.0775. The molecule has 3 unspecified atom stereocenters. The smallest absolute Gasteiger partial charge is 0.391 e. The molecule has 0 bridgehead atoms. The first-order valence-electron chi connectivity index (χ1n) is 28.1. The highest BCUT2D eigenvalue weighted by atomic mass is 31.2. The van der Waals surface area contributed by atoms with Crippen LogP contribution in [0.5, 0.6) is 0 Å². The highest BCUT2D eigenvalue weighted by molar-refractivity contribution is 7.47. The van der Waals surface area contributed by atoms with Crippen LogP contribution in [-0.2, 0) is 18.4 Å². The second-order valence-corrected chi connectivity index (χ2v) is 22.1. The van der Waals surface area contributed by atoms with Gasteiger partial charge in [0.1, 0.15) is 13.2 Å². The molecule has 0 aromatic rings. The summed E-state index contributed by atoms with van der Waals surface area (Å²) in [5.41, 5.74) is 0. The highest BCUT2D eigenvalue weighted by Gasteiger charge is 2.28. The molecule has 0 aliphatic heterocycles. The fourth-order valence-electron chi connectivity index (χ4n) is 8.57. The number of rotatable bonds is 52. The van der Waals surface area contributed by atoms with E-state index in [2.05, 4.69) is 31.3 Å². The van der Waals surface area contributed by atoms with E-state index in [-0.39, 0.29) is 19.1 Å². The van der Waals surface area contributed by atoms with Crippen LogP contribution in [0, 0.1) is 0 Å². The lowest BCUT2D eigenvalue weighted by molar-refractivity contribution is -0.870. The second kappa shape index (κ2) is 47.3. The fraction of sp³-hybridized carbons (Fsp3) is 0.945. The van der Waals surface area contributed by atoms with Gasteiger partial charge in [0.2, 0.25) is 5.91 Å². The summed E-state index contributed by atoms with van der Waals surface area (Å²) in [6.07, 6.45) is 57.3. The molecule has 0 rings (SSSR count). The Bertz CT molecular complexity index is 1050. The van der Waals surface area contributed by atoms with Gasteiger partial charge in [0.15, 0.2) is 0 Å². The van der Waals surface area contributed by atoms with Crippen LogP contribution in [0.3, 0.4) is 0 Å². The predicted molar refractivity (Wildman–Crippen MR) is 277 cm³/mol. The number of aliphatic hydroxyl groups is 1. The number of carbonyl (C=O) groups is 1. The van der Waals surface area contributed by atoms with E-state index in [1.165, 1.54) is 218 Å². The number of amides is 1. The van der Waals surface area contributed by atoms with E-state index in [9.17, 15) is 19.4 Å². The molecule has 64 heavy (non-hydrogen) atoms. The molecular formula is C55H112N2O6P+. The number of carbonyl (C=O) groups excluding carboxylic acids is 1. The van der Waals surface area contributed by atoms with E-state index >= 15 is 0 Å². The predicted octanol–water partition coefficient (Wildman–Crippen LogP) is 16.7. The average Bonchev–Trinajstić information content (AvgIpc) is 3.25. The molecule has 0 radical (unpaired) electrons. The van der Waals surface area contributed by atoms with Crippen LogP contribution >= 0.6 is 7.82 Å². The van der Waals surface area contributed by atoms with Gasteiger partial charge in [-0.3, -0.25) is 13.8 Å². The van der Waals surface area contributed by atoms with Crippen LogP contribution in [0.2, 0.25) is 0 Å². The third-order valence-corrected chi connectivity index (χ3v) is 14.0. The number of likely N-dealkylation sites (N-methyl/N-ethyl adjacent to an activating group) is 1. The summed E-state index contributed by atoms with van der Waals surface area (Å²) in [4.78, 5) is 23.2. The molecule has 0 heterocycles. The lowest BCUT2D eigenvalue weighted by atomic mass is 10.0. The topological polar surface area (TPSA) is 105 Å². The molecule has 3 atom stereocenters. The van der Waals surface area contributed by atoms with Crippen molar-refractivity contribution in [3.63, 3.8) is 0 Å². The number of nitrogens with one attached hydrogen (secondary N) is 1. The average molecular weight is 928 g/mol. The Balaban J connectivity index is 3.86. The van der Waals surface area contributed by atoms with Crippen LogP contribution in [-0.4, -0.2) is 73.4 Å². The van der Waals surface area contributed by atoms with E-state index in [4.69, 9.17) is 9.05 Å². The lowest BCUT2D eigenvalue weighted by Gasteiger charge is -2.26. The molecular weight excluding hydrogens is 816 g/mol. The van der Waals surface area contributed by atoms with Crippen LogP contribution < -0.4 is 5.32 Å². The molecule has 9 heteroatoms. The quantitative estimate of drug-likeness (QED) is 0.0243. The molecule has 3 N–H and O–H groups in total. The maximum atomic E-state index is 12.9. The first-order chi connectivity index (χ1) is 31.0. The van der Waals surface area contributed by atoms with Gasteiger partial charge >= 0.3 is 7.82 Å². The van der Waals surface area contributed by atoms with Gasteiger partial charge in [-0.05, 0) is 38.5 Å². The van der Waals surface area contributed by atoms with Gasteiger partial charge in [-0.15, -0.1) is 0 Å². The maximum Gasteiger partial charge on any atom is 0.472 e. The summed E-state index contributed by atoms with van der Waals surface area (Å²) < 4.78 is 23.6. The van der Waals surface area contributed by atoms with Gasteiger partial charge in [-0.2, -0.15) is 0 Å². The van der Waals surface area contributed by atoms with Gasteiger partial charge in [0.05, 0.1) is 39.9 Å². The molecule has 1 amide bonds. The van der Waals surface area contributed by atoms with Crippen LogP contribution in [0.25, 0.3) is 0 Å². The molecule has 382 valence electrons. The number of phosphoric ester groups is 1. The third-order valence-electron chi connectivity index (χ3n) is 13.0. The normalized spacial score (nSPS) is 14.0. The van der Waals surface area contributed by atoms with Crippen molar-refractivity contribution in [1.29, 1.82) is 0 Å². The zero-order valence-electron chi connectivity index (χ0n) is 43.6. The van der Waals surface area contributed by atoms with Crippen molar-refractivity contribution in [2.45, 2.75) is 296 Å². The first-order valence-corrected chi connectivity index (χ1v) is 29.5. The number of phosphoric acid groups is 1. The Morgan fingerprint density at radius 2 is 0.844 bits per heavy atom. The van der Waals surface area contributed by atoms with E-state index in [1.807, 2.05) is 21.1 Å². The molecule has 8 nitrogen and oxygen atoms in total. The number of hydrogen-bond acceptors (Lipinski definition) is 5. The summed E-state index contributed by atoms with van der Waals surface area (Å²) in [7, 11) is 1.63. The Kier molecular flexibility index (Phi) is 46.8. The van der Waals surface area contributed by atoms with Gasteiger partial charge in [-0.1, -0.05) is 251 Å². The molecule has 0 aliphatic rings. The number of nitrogens with zero attached hydrogens (tertiary/aromatic N) is 1. The van der Waals surface area contributed by atoms with Gasteiger partial charge in [0.25, 0.3) is 0 Å². The Morgan fingerprint density at radius 1 is 0.516 bits per heavy atom. The van der Waals surface area contributed by atoms with Crippen molar-refractivity contribution in [1.82, 2.24) is 5.32 Å². The third kappa shape index (κ3) is 49.2. The number of hydrogen-bond donors (Lipinski definition) is 3. The highest BCUT2D eigenvalue weighted by Crippen LogP contribution is 2.43. The monoisotopic (exact) mass is 928 g/mol. The van der Waals surface area contributed by atoms with Crippen molar-refractivity contribution in [3.05, 3.63) is 12.2 Å². The van der Waals surface area contributed by atoms with Gasteiger partial charge in [0, 0.05) is 6.42 Å². The van der Waals surface area contributed by atoms with Crippen LogP contribution in [0.15, 0.2) is 12.2 Å². The SMILES string of the molecule is CCCCCCCCCC/C=C\CCCCCCCCCCCCCCCCCCCCCCCC(=O)NC(COP(=O)(O)OCC[N+](C)(C)C)C(O)CCCCCCCCCCC. The molecule has 0 saturated heterocycles. The van der Waals surface area contributed by atoms with E-state index in [0.717, 1.165) is 38.5 Å². The Hall–Kier alpha value is -0.760. The molecule has 0 aromatic heterocycles. The summed E-state index contributed by atoms with van der Waals surface area (Å²) >= 11 is 0. The number of unbranched alkanes of at least 4 members (excludes halogenated alkanes) is 37. The Morgan fingerprint density at radius 3 is 1.20 bits per heavy atom. The van der Waals surface area contributed by atoms with Gasteiger partial charge in [-0.25, -0.2) is 4.57 Å². The lowest BCUT2D eigenvalue weighted by Crippen LogP contribution is -2.46. The molecule has 0 fully saturated rings. The summed E-state index contributed by atoms with van der Waals surface area (Å²) in [5, 5.41) is 13.9. The van der Waals surface area contributed by atoms with Crippen LogP contribution in [0.4, 0.5) is 0 Å². The second-order valence-electron chi connectivity index (χ2n) is 20.7. The minimum atomic E-state index is -4.31. The van der Waals surface area contributed by atoms with Crippen molar-refractivity contribution >= 4 is 13.7 Å². The largest absolute Gasteiger partial charge is 0.472 e. The Labute approximate surface area is 399 Å². The number of aliphatic hydroxyl groups excluding tert-OH is 1. The van der Waals surface area contributed by atoms with Crippen molar-refractivity contribution in [2.75, 3.05) is 40.9 Å². The number of quaternary nitrogens is 1. The van der Waals surface area contributed by atoms with Crippen molar-refractivity contribution in [3.8, 4) is 0 Å². The zero-order valence-corrected chi connectivity index (χ0v) is 44.4. The van der Waals surface area contributed by atoms with E-state index in [1.54, 1.807) is 0 Å². The molecule has 0 aliphatic carbocycles. The summed E-state index contributed by atoms with van der Waals surface area (Å²) in [5.74, 6) is -0.141. The molecule has 0 aromatic carbocycles. The van der Waals surface area contributed by atoms with Crippen molar-refractivity contribution in [2.24, 2.45) is 0 Å². The summed E-state index contributed by atoms with van der Waals surface area (Å²) in [6, 6.07) is -0.754.